The van der Waals surface area contributed by atoms with Gasteiger partial charge in [0, 0.05) is 40.9 Å². The first-order valence-corrected chi connectivity index (χ1v) is 9.03. The van der Waals surface area contributed by atoms with Crippen molar-refractivity contribution in [3.63, 3.8) is 0 Å². The summed E-state index contributed by atoms with van der Waals surface area (Å²) < 4.78 is 38.9. The van der Waals surface area contributed by atoms with Gasteiger partial charge >= 0.3 is 0 Å². The number of hydrogen-bond donors (Lipinski definition) is 3. The van der Waals surface area contributed by atoms with E-state index in [1.165, 1.54) is 28.4 Å². The lowest BCUT2D eigenvalue weighted by Gasteiger charge is -2.47. The minimum Gasteiger partial charge on any atom is -0.390 e. The second-order valence-corrected chi connectivity index (χ2v) is 6.85. The summed E-state index contributed by atoms with van der Waals surface area (Å²) in [5.74, 6) is -0.230. The van der Waals surface area contributed by atoms with E-state index >= 15 is 0 Å². The minimum atomic E-state index is -1.08. The van der Waals surface area contributed by atoms with Crippen molar-refractivity contribution in [2.75, 3.05) is 41.6 Å². The summed E-state index contributed by atoms with van der Waals surface area (Å²) in [6.45, 7) is 2.20. The molecule has 160 valence electrons. The lowest BCUT2D eigenvalue weighted by Crippen LogP contribution is -2.64. The molecule has 2 aliphatic rings. The lowest BCUT2D eigenvalue weighted by molar-refractivity contribution is -0.355. The Labute approximate surface area is 159 Å². The number of ether oxygens (including phenoxy) is 7. The van der Waals surface area contributed by atoms with Gasteiger partial charge in [0.15, 0.2) is 12.6 Å². The number of hydrogen-bond acceptors (Lipinski definition) is 10. The van der Waals surface area contributed by atoms with Gasteiger partial charge in [0.2, 0.25) is 0 Å². The van der Waals surface area contributed by atoms with E-state index in [1.807, 2.05) is 6.92 Å². The zero-order valence-electron chi connectivity index (χ0n) is 16.5. The SMILES string of the molecule is COCC1O[C@H](OC)C(OC)[C@@H](O)[C@@H]1O[C@H]1OC(CN)[C@@H](C)[C@H](O)C1OC. The molecule has 0 aromatic carbocycles. The maximum atomic E-state index is 10.8. The van der Waals surface area contributed by atoms with E-state index in [9.17, 15) is 10.2 Å². The van der Waals surface area contributed by atoms with Crippen molar-refractivity contribution in [2.45, 2.75) is 62.2 Å². The topological polar surface area (TPSA) is 131 Å². The summed E-state index contributed by atoms with van der Waals surface area (Å²) in [6, 6.07) is 0. The van der Waals surface area contributed by atoms with Gasteiger partial charge in [0.1, 0.15) is 30.5 Å². The third-order valence-electron chi connectivity index (χ3n) is 5.29. The Hall–Kier alpha value is -0.400. The van der Waals surface area contributed by atoms with Crippen LogP contribution in [0.2, 0.25) is 0 Å². The third kappa shape index (κ3) is 4.78. The highest BCUT2D eigenvalue weighted by Gasteiger charge is 2.51. The molecule has 0 aromatic heterocycles. The molecular formula is C17H33NO9. The zero-order valence-corrected chi connectivity index (χ0v) is 16.5. The highest BCUT2D eigenvalue weighted by Crippen LogP contribution is 2.32. The fraction of sp³-hybridized carbons (Fsp3) is 1.00. The molecule has 27 heavy (non-hydrogen) atoms. The Morgan fingerprint density at radius 2 is 1.41 bits per heavy atom. The van der Waals surface area contributed by atoms with Gasteiger partial charge in [-0.25, -0.2) is 0 Å². The van der Waals surface area contributed by atoms with Crippen molar-refractivity contribution in [2.24, 2.45) is 11.7 Å². The van der Waals surface area contributed by atoms with Crippen molar-refractivity contribution in [1.82, 2.24) is 0 Å². The number of nitrogens with two attached hydrogens (primary N) is 1. The molecule has 4 N–H and O–H groups in total. The van der Waals surface area contributed by atoms with Gasteiger partial charge in [-0.3, -0.25) is 0 Å². The molecule has 2 fully saturated rings. The molecule has 10 nitrogen and oxygen atoms in total. The van der Waals surface area contributed by atoms with Gasteiger partial charge in [-0.05, 0) is 0 Å². The van der Waals surface area contributed by atoms with Crippen LogP contribution in [0.4, 0.5) is 0 Å². The average Bonchev–Trinajstić information content (AvgIpc) is 2.67. The molecular weight excluding hydrogens is 362 g/mol. The van der Waals surface area contributed by atoms with E-state index in [0.717, 1.165) is 0 Å². The number of methoxy groups -OCH3 is 4. The summed E-state index contributed by atoms with van der Waals surface area (Å²) in [4.78, 5) is 0. The number of aliphatic hydroxyl groups excluding tert-OH is 2. The van der Waals surface area contributed by atoms with Crippen LogP contribution in [0.15, 0.2) is 0 Å². The van der Waals surface area contributed by atoms with E-state index in [4.69, 9.17) is 38.9 Å². The summed E-state index contributed by atoms with van der Waals surface area (Å²) in [5.41, 5.74) is 5.76. The molecule has 2 heterocycles. The van der Waals surface area contributed by atoms with Crippen molar-refractivity contribution >= 4 is 0 Å². The van der Waals surface area contributed by atoms with Crippen LogP contribution in [0.3, 0.4) is 0 Å². The van der Waals surface area contributed by atoms with Gasteiger partial charge in [0.05, 0.1) is 18.8 Å². The van der Waals surface area contributed by atoms with Crippen LogP contribution < -0.4 is 5.73 Å². The van der Waals surface area contributed by atoms with Gasteiger partial charge in [0.25, 0.3) is 0 Å². The van der Waals surface area contributed by atoms with Gasteiger partial charge < -0.3 is 49.1 Å². The standard InChI is InChI=1S/C17H33NO9/c1-8-9(6-18)25-17(14(22-3)11(8)19)27-13-10(7-21-2)26-16(24-5)15(23-4)12(13)20/h8-17,19-20H,6-7,18H2,1-5H3/t8-,9?,10?,11+,12+,13-,14?,15?,16+,17-/m1/s1. The van der Waals surface area contributed by atoms with E-state index in [1.54, 1.807) is 0 Å². The van der Waals surface area contributed by atoms with Gasteiger partial charge in [-0.1, -0.05) is 6.92 Å². The fourth-order valence-electron chi connectivity index (χ4n) is 3.64. The van der Waals surface area contributed by atoms with E-state index in [0.29, 0.717) is 0 Å². The van der Waals surface area contributed by atoms with Gasteiger partial charge in [-0.15, -0.1) is 0 Å². The second-order valence-electron chi connectivity index (χ2n) is 6.85. The minimum absolute atomic E-state index is 0.154. The Morgan fingerprint density at radius 1 is 0.815 bits per heavy atom. The predicted molar refractivity (Wildman–Crippen MR) is 92.9 cm³/mol. The molecule has 0 amide bonds. The number of rotatable bonds is 8. The molecule has 2 aliphatic heterocycles. The van der Waals surface area contributed by atoms with Gasteiger partial charge in [-0.2, -0.15) is 0 Å². The van der Waals surface area contributed by atoms with Crippen molar-refractivity contribution in [1.29, 1.82) is 0 Å². The summed E-state index contributed by atoms with van der Waals surface area (Å²) in [7, 11) is 5.88. The molecule has 2 rings (SSSR count). The van der Waals surface area contributed by atoms with Crippen LogP contribution in [-0.4, -0.2) is 107 Å². The molecule has 0 aromatic rings. The van der Waals surface area contributed by atoms with Crippen LogP contribution in [0, 0.1) is 5.92 Å². The maximum absolute atomic E-state index is 10.8. The van der Waals surface area contributed by atoms with E-state index < -0.39 is 55.3 Å². The Balaban J connectivity index is 2.21. The molecule has 10 heteroatoms. The monoisotopic (exact) mass is 395 g/mol. The Bertz CT molecular complexity index is 441. The first-order valence-electron chi connectivity index (χ1n) is 9.03. The summed E-state index contributed by atoms with van der Waals surface area (Å²) >= 11 is 0. The fourth-order valence-corrected chi connectivity index (χ4v) is 3.64. The average molecular weight is 395 g/mol. The molecule has 0 bridgehead atoms. The van der Waals surface area contributed by atoms with Crippen molar-refractivity contribution < 1.29 is 43.4 Å². The largest absolute Gasteiger partial charge is 0.390 e. The second kappa shape index (κ2) is 10.4. The molecule has 0 radical (unpaired) electrons. The smallest absolute Gasteiger partial charge is 0.187 e. The molecule has 4 unspecified atom stereocenters. The normalized spacial score (nSPS) is 45.8. The molecule has 0 spiro atoms. The molecule has 0 saturated carbocycles. The molecule has 0 aliphatic carbocycles. The zero-order chi connectivity index (χ0) is 20.1. The summed E-state index contributed by atoms with van der Waals surface area (Å²) in [5, 5.41) is 21.4. The van der Waals surface area contributed by atoms with Crippen LogP contribution in [0.1, 0.15) is 6.92 Å². The van der Waals surface area contributed by atoms with Crippen LogP contribution >= 0.6 is 0 Å². The van der Waals surface area contributed by atoms with E-state index in [2.05, 4.69) is 0 Å². The predicted octanol–water partition coefficient (Wildman–Crippen LogP) is -1.54. The highest BCUT2D eigenvalue weighted by atomic mass is 16.7. The summed E-state index contributed by atoms with van der Waals surface area (Å²) in [6.07, 6.45) is -7.09. The van der Waals surface area contributed by atoms with Crippen molar-refractivity contribution in [3.05, 3.63) is 0 Å². The quantitative estimate of drug-likeness (QED) is 0.444. The van der Waals surface area contributed by atoms with Crippen LogP contribution in [0.25, 0.3) is 0 Å². The maximum Gasteiger partial charge on any atom is 0.187 e. The molecule has 10 atom stereocenters. The van der Waals surface area contributed by atoms with Crippen LogP contribution in [0.5, 0.6) is 0 Å². The molecule has 2 saturated heterocycles. The van der Waals surface area contributed by atoms with Crippen LogP contribution in [-0.2, 0) is 33.2 Å². The first-order chi connectivity index (χ1) is 12.9. The number of aliphatic hydroxyl groups is 2. The lowest BCUT2D eigenvalue weighted by atomic mass is 9.90. The first kappa shape index (κ1) is 22.9. The Kier molecular flexibility index (Phi) is 8.81. The van der Waals surface area contributed by atoms with E-state index in [-0.39, 0.29) is 19.1 Å². The Morgan fingerprint density at radius 3 is 1.93 bits per heavy atom. The third-order valence-corrected chi connectivity index (χ3v) is 5.29. The highest BCUT2D eigenvalue weighted by molar-refractivity contribution is 4.94. The van der Waals surface area contributed by atoms with Crippen molar-refractivity contribution in [3.8, 4) is 0 Å².